The highest BCUT2D eigenvalue weighted by Crippen LogP contribution is 2.28. The molecule has 0 atom stereocenters. The summed E-state index contributed by atoms with van der Waals surface area (Å²) in [5.74, 6) is -0.165. The van der Waals surface area contributed by atoms with Crippen LogP contribution in [0, 0.1) is 0 Å². The number of alkyl halides is 3. The van der Waals surface area contributed by atoms with Gasteiger partial charge in [0, 0.05) is 18.8 Å². The summed E-state index contributed by atoms with van der Waals surface area (Å²) < 4.78 is 40.9. The zero-order chi connectivity index (χ0) is 13.7. The van der Waals surface area contributed by atoms with Gasteiger partial charge in [-0.3, -0.25) is 0 Å². The summed E-state index contributed by atoms with van der Waals surface area (Å²) in [5, 5.41) is 2.92. The van der Waals surface area contributed by atoms with Crippen molar-refractivity contribution in [1.82, 2.24) is 5.32 Å². The Kier molecular flexibility index (Phi) is 3.94. The molecule has 19 heavy (non-hydrogen) atoms. The number of hydrogen-bond acceptors (Lipinski definition) is 2. The molecule has 1 aliphatic rings. The van der Waals surface area contributed by atoms with E-state index in [1.807, 2.05) is 18.2 Å². The predicted octanol–water partition coefficient (Wildman–Crippen LogP) is 3.68. The molecule has 0 unspecified atom stereocenters. The Bertz CT molecular complexity index is 530. The lowest BCUT2D eigenvalue weighted by atomic mass is 10.0. The van der Waals surface area contributed by atoms with E-state index >= 15 is 0 Å². The van der Waals surface area contributed by atoms with E-state index in [4.69, 9.17) is 0 Å². The number of ether oxygens (including phenoxy) is 1. The monoisotopic (exact) mass is 267 g/mol. The van der Waals surface area contributed by atoms with Crippen LogP contribution in [0.5, 0.6) is 5.75 Å². The van der Waals surface area contributed by atoms with E-state index in [2.05, 4.69) is 10.1 Å². The molecule has 0 aliphatic carbocycles. The third kappa shape index (κ3) is 4.21. The van der Waals surface area contributed by atoms with E-state index in [1.54, 1.807) is 24.5 Å². The first kappa shape index (κ1) is 13.3. The van der Waals surface area contributed by atoms with Gasteiger partial charge in [-0.2, -0.15) is 0 Å². The molecule has 2 nitrogen and oxygen atoms in total. The van der Waals surface area contributed by atoms with Gasteiger partial charge in [0.05, 0.1) is 0 Å². The summed E-state index contributed by atoms with van der Waals surface area (Å²) in [4.78, 5) is 0. The van der Waals surface area contributed by atoms with Crippen LogP contribution in [0.15, 0.2) is 60.5 Å². The second-order valence-electron chi connectivity index (χ2n) is 3.94. The Morgan fingerprint density at radius 2 is 1.89 bits per heavy atom. The molecule has 0 aromatic heterocycles. The van der Waals surface area contributed by atoms with Crippen molar-refractivity contribution in [2.75, 3.05) is 0 Å². The molecular formula is C14H12F3NO. The number of hydrogen-bond donors (Lipinski definition) is 1. The highest BCUT2D eigenvalue weighted by Gasteiger charge is 2.31. The molecule has 1 aliphatic heterocycles. The van der Waals surface area contributed by atoms with Crippen LogP contribution >= 0.6 is 0 Å². The smallest absolute Gasteiger partial charge is 0.405 e. The molecule has 1 aromatic rings. The van der Waals surface area contributed by atoms with Crippen molar-refractivity contribution in [2.24, 2.45) is 0 Å². The first-order valence-corrected chi connectivity index (χ1v) is 5.66. The topological polar surface area (TPSA) is 21.3 Å². The Hall–Kier alpha value is -2.17. The summed E-state index contributed by atoms with van der Waals surface area (Å²) in [6.07, 6.45) is 4.62. The molecule has 0 spiro atoms. The maximum absolute atomic E-state index is 12.3. The van der Waals surface area contributed by atoms with Crippen molar-refractivity contribution in [3.63, 3.8) is 0 Å². The normalized spacial score (nSPS) is 14.6. The lowest BCUT2D eigenvalue weighted by Gasteiger charge is -2.13. The number of nitrogens with one attached hydrogen (secondary N) is 1. The Labute approximate surface area is 108 Å². The van der Waals surface area contributed by atoms with E-state index < -0.39 is 6.36 Å². The van der Waals surface area contributed by atoms with Crippen molar-refractivity contribution in [3.05, 3.63) is 66.0 Å². The molecule has 5 heteroatoms. The average molecular weight is 267 g/mol. The van der Waals surface area contributed by atoms with E-state index in [0.717, 1.165) is 5.57 Å². The van der Waals surface area contributed by atoms with E-state index in [1.165, 1.54) is 12.1 Å². The van der Waals surface area contributed by atoms with Gasteiger partial charge in [0.25, 0.3) is 0 Å². The molecule has 0 saturated carbocycles. The fourth-order valence-corrected chi connectivity index (χ4v) is 1.70. The summed E-state index contributed by atoms with van der Waals surface area (Å²) in [6.45, 7) is 0. The fourth-order valence-electron chi connectivity index (χ4n) is 1.70. The van der Waals surface area contributed by atoms with E-state index in [9.17, 15) is 13.2 Å². The van der Waals surface area contributed by atoms with Gasteiger partial charge in [-0.1, -0.05) is 30.4 Å². The average Bonchev–Trinajstić information content (AvgIpc) is 2.58. The molecule has 100 valence electrons. The van der Waals surface area contributed by atoms with Crippen LogP contribution in [-0.2, 0) is 6.42 Å². The highest BCUT2D eigenvalue weighted by molar-refractivity contribution is 5.39. The number of benzene rings is 1. The van der Waals surface area contributed by atoms with Gasteiger partial charge in [0.15, 0.2) is 0 Å². The minimum absolute atomic E-state index is 0.165. The van der Waals surface area contributed by atoms with Crippen LogP contribution < -0.4 is 10.1 Å². The largest absolute Gasteiger partial charge is 0.573 e. The summed E-state index contributed by atoms with van der Waals surface area (Å²) >= 11 is 0. The van der Waals surface area contributed by atoms with Crippen LogP contribution in [0.1, 0.15) is 5.56 Å². The summed E-state index contributed by atoms with van der Waals surface area (Å²) in [7, 11) is 0. The first-order valence-electron chi connectivity index (χ1n) is 5.66. The minimum atomic E-state index is -4.68. The van der Waals surface area contributed by atoms with Crippen molar-refractivity contribution in [3.8, 4) is 5.75 Å². The van der Waals surface area contributed by atoms with Crippen LogP contribution in [0.25, 0.3) is 0 Å². The maximum atomic E-state index is 12.3. The second kappa shape index (κ2) is 5.65. The van der Waals surface area contributed by atoms with Crippen molar-refractivity contribution >= 4 is 0 Å². The van der Waals surface area contributed by atoms with Gasteiger partial charge in [0.2, 0.25) is 0 Å². The van der Waals surface area contributed by atoms with Crippen LogP contribution in [0.3, 0.4) is 0 Å². The van der Waals surface area contributed by atoms with Gasteiger partial charge >= 0.3 is 6.36 Å². The molecule has 1 aromatic carbocycles. The van der Waals surface area contributed by atoms with Crippen molar-refractivity contribution in [2.45, 2.75) is 12.8 Å². The van der Waals surface area contributed by atoms with Gasteiger partial charge in [-0.25, -0.2) is 0 Å². The molecule has 2 rings (SSSR count). The van der Waals surface area contributed by atoms with Crippen LogP contribution in [0.2, 0.25) is 0 Å². The maximum Gasteiger partial charge on any atom is 0.573 e. The lowest BCUT2D eigenvalue weighted by Crippen LogP contribution is -2.18. The first-order chi connectivity index (χ1) is 9.04. The summed E-state index contributed by atoms with van der Waals surface area (Å²) in [5.41, 5.74) is 1.35. The quantitative estimate of drug-likeness (QED) is 0.902. The molecule has 1 N–H and O–H groups in total. The third-order valence-electron chi connectivity index (χ3n) is 2.48. The summed E-state index contributed by atoms with van der Waals surface area (Å²) in [6, 6.07) is 6.14. The van der Waals surface area contributed by atoms with Crippen LogP contribution in [0.4, 0.5) is 13.2 Å². The molecular weight excluding hydrogens is 255 g/mol. The zero-order valence-electron chi connectivity index (χ0n) is 9.95. The standard InChI is InChI=1S/C14H12F3NO/c15-14(16,17)19-13-7-2-1-6-12(13)9-11-5-3-4-8-18-10-11/h1-8,10,18H,9H2. The zero-order valence-corrected chi connectivity index (χ0v) is 9.95. The van der Waals surface area contributed by atoms with Crippen molar-refractivity contribution < 1.29 is 17.9 Å². The Morgan fingerprint density at radius 1 is 1.11 bits per heavy atom. The minimum Gasteiger partial charge on any atom is -0.405 e. The molecule has 0 radical (unpaired) electrons. The predicted molar refractivity (Wildman–Crippen MR) is 66.3 cm³/mol. The number of halogens is 3. The lowest BCUT2D eigenvalue weighted by molar-refractivity contribution is -0.274. The Balaban J connectivity index is 2.18. The second-order valence-corrected chi connectivity index (χ2v) is 3.94. The van der Waals surface area contributed by atoms with Crippen LogP contribution in [-0.4, -0.2) is 6.36 Å². The third-order valence-corrected chi connectivity index (χ3v) is 2.48. The highest BCUT2D eigenvalue weighted by atomic mass is 19.4. The van der Waals surface area contributed by atoms with Gasteiger partial charge in [-0.05, 0) is 23.3 Å². The fraction of sp³-hybridized carbons (Fsp3) is 0.143. The number of rotatable bonds is 3. The van der Waals surface area contributed by atoms with E-state index in [-0.39, 0.29) is 5.75 Å². The Morgan fingerprint density at radius 3 is 2.68 bits per heavy atom. The van der Waals surface area contributed by atoms with Gasteiger partial charge in [0.1, 0.15) is 5.75 Å². The molecule has 0 saturated heterocycles. The SMILES string of the molecule is FC(F)(F)Oc1ccccc1CC1=CNC=CC=C1. The van der Waals surface area contributed by atoms with Gasteiger partial charge < -0.3 is 10.1 Å². The molecule has 0 fully saturated rings. The molecule has 0 amide bonds. The van der Waals surface area contributed by atoms with Gasteiger partial charge in [-0.15, -0.1) is 13.2 Å². The molecule has 0 bridgehead atoms. The number of allylic oxidation sites excluding steroid dienone is 4. The number of para-hydroxylation sites is 1. The van der Waals surface area contributed by atoms with Crippen molar-refractivity contribution in [1.29, 1.82) is 0 Å². The molecule has 1 heterocycles. The van der Waals surface area contributed by atoms with E-state index in [0.29, 0.717) is 12.0 Å².